The maximum atomic E-state index is 12.1. The number of esters is 1. The fourth-order valence-electron chi connectivity index (χ4n) is 2.63. The summed E-state index contributed by atoms with van der Waals surface area (Å²) in [5.41, 5.74) is 2.45. The summed E-state index contributed by atoms with van der Waals surface area (Å²) in [6.45, 7) is 1.61. The summed E-state index contributed by atoms with van der Waals surface area (Å²) in [5.74, 6) is 0.446. The van der Waals surface area contributed by atoms with Crippen LogP contribution in [0.25, 0.3) is 22.7 Å². The lowest BCUT2D eigenvalue weighted by atomic mass is 10.1. The monoisotopic (exact) mass is 395 g/mol. The number of benzene rings is 2. The molecule has 140 valence electrons. The first-order valence-corrected chi connectivity index (χ1v) is 8.77. The first-order chi connectivity index (χ1) is 13.6. The van der Waals surface area contributed by atoms with E-state index in [1.54, 1.807) is 31.2 Å². The molecule has 0 aliphatic rings. The van der Waals surface area contributed by atoms with Crippen LogP contribution in [0.15, 0.2) is 63.5 Å². The normalized spacial score (nSPS) is 10.8. The number of aromatic nitrogens is 3. The van der Waals surface area contributed by atoms with Crippen LogP contribution in [0.2, 0.25) is 5.02 Å². The van der Waals surface area contributed by atoms with Crippen molar-refractivity contribution in [2.24, 2.45) is 0 Å². The number of ether oxygens (including phenoxy) is 1. The maximum absolute atomic E-state index is 12.1. The highest BCUT2D eigenvalue weighted by molar-refractivity contribution is 6.30. The second-order valence-electron chi connectivity index (χ2n) is 5.91. The topological polar surface area (TPSA) is 91.3 Å². The van der Waals surface area contributed by atoms with Crippen molar-refractivity contribution in [1.29, 1.82) is 0 Å². The number of carbonyl (C=O) groups is 1. The van der Waals surface area contributed by atoms with E-state index in [1.807, 2.05) is 30.3 Å². The average Bonchev–Trinajstić information content (AvgIpc) is 3.33. The minimum absolute atomic E-state index is 0.153. The molecule has 0 radical (unpaired) electrons. The van der Waals surface area contributed by atoms with Gasteiger partial charge in [0.15, 0.2) is 6.61 Å². The van der Waals surface area contributed by atoms with Gasteiger partial charge in [-0.15, -0.1) is 10.2 Å². The highest BCUT2D eigenvalue weighted by Gasteiger charge is 2.22. The van der Waals surface area contributed by atoms with Crippen LogP contribution in [0.4, 0.5) is 0 Å². The second kappa shape index (κ2) is 7.66. The highest BCUT2D eigenvalue weighted by atomic mass is 35.5. The Hall–Kier alpha value is -3.45. The molecule has 2 heterocycles. The lowest BCUT2D eigenvalue weighted by Gasteiger charge is -2.02. The third kappa shape index (κ3) is 3.65. The Morgan fingerprint density at radius 2 is 1.82 bits per heavy atom. The van der Waals surface area contributed by atoms with Crippen LogP contribution in [0, 0.1) is 6.92 Å². The van der Waals surface area contributed by atoms with Crippen molar-refractivity contribution < 1.29 is 18.5 Å². The third-order valence-electron chi connectivity index (χ3n) is 4.00. The van der Waals surface area contributed by atoms with Crippen molar-refractivity contribution in [2.75, 3.05) is 0 Å². The molecule has 0 amide bonds. The fraction of sp³-hybridized carbons (Fsp3) is 0.100. The van der Waals surface area contributed by atoms with Crippen molar-refractivity contribution in [3.05, 3.63) is 76.8 Å². The molecule has 0 atom stereocenters. The van der Waals surface area contributed by atoms with Gasteiger partial charge in [-0.2, -0.15) is 0 Å². The van der Waals surface area contributed by atoms with Gasteiger partial charge in [-0.25, -0.2) is 4.79 Å². The number of aryl methyl sites for hydroxylation is 1. The molecule has 4 rings (SSSR count). The summed E-state index contributed by atoms with van der Waals surface area (Å²) in [5, 5.41) is 12.6. The summed E-state index contributed by atoms with van der Waals surface area (Å²) < 4.78 is 16.2. The summed E-state index contributed by atoms with van der Waals surface area (Å²) >= 11 is 5.81. The van der Waals surface area contributed by atoms with Crippen LogP contribution in [0.5, 0.6) is 0 Å². The van der Waals surface area contributed by atoms with E-state index >= 15 is 0 Å². The van der Waals surface area contributed by atoms with Crippen LogP contribution in [-0.2, 0) is 11.3 Å². The Labute approximate surface area is 164 Å². The van der Waals surface area contributed by atoms with Gasteiger partial charge in [-0.05, 0) is 31.2 Å². The molecule has 0 fully saturated rings. The van der Waals surface area contributed by atoms with Crippen molar-refractivity contribution in [3.8, 4) is 22.7 Å². The van der Waals surface area contributed by atoms with Crippen molar-refractivity contribution in [1.82, 2.24) is 15.4 Å². The molecule has 0 saturated heterocycles. The number of hydrogen-bond acceptors (Lipinski definition) is 7. The van der Waals surface area contributed by atoms with Gasteiger partial charge in [-0.3, -0.25) is 0 Å². The van der Waals surface area contributed by atoms with Gasteiger partial charge in [0.2, 0.25) is 0 Å². The molecule has 0 unspecified atom stereocenters. The Balaban J connectivity index is 1.52. The van der Waals surface area contributed by atoms with E-state index in [2.05, 4.69) is 15.4 Å². The van der Waals surface area contributed by atoms with Crippen molar-refractivity contribution in [2.45, 2.75) is 13.5 Å². The molecule has 0 bridgehead atoms. The number of carbonyl (C=O) groups excluding carboxylic acids is 1. The van der Waals surface area contributed by atoms with Crippen molar-refractivity contribution in [3.63, 3.8) is 0 Å². The third-order valence-corrected chi connectivity index (χ3v) is 4.25. The van der Waals surface area contributed by atoms with Crippen LogP contribution >= 0.6 is 11.6 Å². The smallest absolute Gasteiger partial charge is 0.338 e. The Morgan fingerprint density at radius 3 is 2.57 bits per heavy atom. The van der Waals surface area contributed by atoms with Gasteiger partial charge in [0.05, 0.1) is 5.56 Å². The van der Waals surface area contributed by atoms with E-state index in [4.69, 9.17) is 25.3 Å². The van der Waals surface area contributed by atoms with Gasteiger partial charge >= 0.3 is 5.97 Å². The summed E-state index contributed by atoms with van der Waals surface area (Å²) in [4.78, 5) is 12.1. The predicted octanol–water partition coefficient (Wildman–Crippen LogP) is 4.71. The van der Waals surface area contributed by atoms with Crippen LogP contribution in [0.1, 0.15) is 22.0 Å². The molecule has 2 aromatic carbocycles. The molecule has 0 aliphatic heterocycles. The molecule has 0 spiro atoms. The quantitative estimate of drug-likeness (QED) is 0.452. The van der Waals surface area contributed by atoms with E-state index in [0.717, 1.165) is 5.56 Å². The number of halogens is 1. The summed E-state index contributed by atoms with van der Waals surface area (Å²) in [6, 6.07) is 15.9. The zero-order valence-electron chi connectivity index (χ0n) is 14.8. The Morgan fingerprint density at radius 1 is 1.07 bits per heavy atom. The zero-order chi connectivity index (χ0) is 19.5. The first-order valence-electron chi connectivity index (χ1n) is 8.39. The molecular formula is C20H14ClN3O4. The zero-order valence-corrected chi connectivity index (χ0v) is 15.5. The van der Waals surface area contributed by atoms with Crippen LogP contribution in [-0.4, -0.2) is 21.3 Å². The molecule has 8 heteroatoms. The number of hydrogen-bond donors (Lipinski definition) is 0. The first kappa shape index (κ1) is 17.9. The van der Waals surface area contributed by atoms with Crippen molar-refractivity contribution >= 4 is 17.6 Å². The molecule has 0 N–H and O–H groups in total. The van der Waals surface area contributed by atoms with E-state index in [-0.39, 0.29) is 18.4 Å². The average molecular weight is 396 g/mol. The minimum Gasteiger partial charge on any atom is -0.452 e. The van der Waals surface area contributed by atoms with Gasteiger partial charge < -0.3 is 13.7 Å². The van der Waals surface area contributed by atoms with Gasteiger partial charge in [0.25, 0.3) is 11.8 Å². The fourth-order valence-corrected chi connectivity index (χ4v) is 2.75. The van der Waals surface area contributed by atoms with Gasteiger partial charge in [0, 0.05) is 10.6 Å². The van der Waals surface area contributed by atoms with E-state index < -0.39 is 5.97 Å². The number of nitrogens with zero attached hydrogens (tertiary/aromatic N) is 3. The van der Waals surface area contributed by atoms with E-state index in [1.165, 1.54) is 0 Å². The van der Waals surface area contributed by atoms with Gasteiger partial charge in [0.1, 0.15) is 17.0 Å². The lowest BCUT2D eigenvalue weighted by molar-refractivity contribution is 0.0438. The van der Waals surface area contributed by atoms with E-state index in [0.29, 0.717) is 27.6 Å². The van der Waals surface area contributed by atoms with Gasteiger partial charge in [-0.1, -0.05) is 47.1 Å². The summed E-state index contributed by atoms with van der Waals surface area (Å²) in [6.07, 6.45) is 0. The number of rotatable bonds is 5. The molecule has 7 nitrogen and oxygen atoms in total. The highest BCUT2D eigenvalue weighted by Crippen LogP contribution is 2.33. The lowest BCUT2D eigenvalue weighted by Crippen LogP contribution is -2.05. The minimum atomic E-state index is -0.512. The molecule has 0 aliphatic carbocycles. The second-order valence-corrected chi connectivity index (χ2v) is 6.35. The summed E-state index contributed by atoms with van der Waals surface area (Å²) in [7, 11) is 0. The van der Waals surface area contributed by atoms with Crippen LogP contribution in [0.3, 0.4) is 0 Å². The molecular weight excluding hydrogens is 382 g/mol. The Bertz CT molecular complexity index is 1100. The van der Waals surface area contributed by atoms with E-state index in [9.17, 15) is 4.79 Å². The van der Waals surface area contributed by atoms with Crippen LogP contribution < -0.4 is 0 Å². The predicted molar refractivity (Wildman–Crippen MR) is 101 cm³/mol. The Kier molecular flexibility index (Phi) is 4.90. The molecule has 0 saturated carbocycles. The molecule has 2 aromatic heterocycles. The maximum Gasteiger partial charge on any atom is 0.338 e. The standard InChI is InChI=1S/C20H14ClN3O4/c1-12-17(18(24-28-12)13-5-3-2-4-6-13)19-23-22-16(27-19)11-26-20(25)14-7-9-15(21)10-8-14/h2-10H,11H2,1H3. The molecule has 28 heavy (non-hydrogen) atoms. The molecule has 4 aromatic rings. The largest absolute Gasteiger partial charge is 0.452 e. The SMILES string of the molecule is Cc1onc(-c2ccccc2)c1-c1nnc(COC(=O)c2ccc(Cl)cc2)o1.